The largest absolute Gasteiger partial charge is 0.370 e. The van der Waals surface area contributed by atoms with Crippen molar-refractivity contribution in [3.8, 4) is 6.07 Å². The Morgan fingerprint density at radius 3 is 2.79 bits per heavy atom. The number of carbonyl (C=O) groups is 1. The Bertz CT molecular complexity index is 825. The Labute approximate surface area is 164 Å². The van der Waals surface area contributed by atoms with Gasteiger partial charge in [0.05, 0.1) is 12.1 Å². The van der Waals surface area contributed by atoms with Crippen LogP contribution in [0.15, 0.2) is 18.2 Å². The quantitative estimate of drug-likeness (QED) is 0.705. The number of fused-ring (bicyclic) bond motifs is 2. The summed E-state index contributed by atoms with van der Waals surface area (Å²) in [4.78, 5) is 14.7. The highest BCUT2D eigenvalue weighted by Crippen LogP contribution is 2.38. The van der Waals surface area contributed by atoms with Crippen LogP contribution in [-0.2, 0) is 11.2 Å². The lowest BCUT2D eigenvalue weighted by Gasteiger charge is -2.57. The second-order valence-corrected chi connectivity index (χ2v) is 9.04. The van der Waals surface area contributed by atoms with Crippen molar-refractivity contribution in [2.24, 2.45) is 11.3 Å². The summed E-state index contributed by atoms with van der Waals surface area (Å²) in [5.41, 5.74) is 1.75. The van der Waals surface area contributed by atoms with E-state index in [-0.39, 0.29) is 24.2 Å². The van der Waals surface area contributed by atoms with Gasteiger partial charge in [0, 0.05) is 49.7 Å². The molecule has 4 fully saturated rings. The topological polar surface area (TPSA) is 80.2 Å². The summed E-state index contributed by atoms with van der Waals surface area (Å²) < 4.78 is 14.6. The number of benzene rings is 1. The number of amides is 1. The highest BCUT2D eigenvalue weighted by molar-refractivity contribution is 5.83. The van der Waals surface area contributed by atoms with Gasteiger partial charge in [0.2, 0.25) is 5.91 Å². The summed E-state index contributed by atoms with van der Waals surface area (Å²) in [7, 11) is 0. The molecule has 3 heterocycles. The minimum atomic E-state index is -0.720. The zero-order chi connectivity index (χ0) is 19.3. The Hall–Kier alpha value is -2.17. The summed E-state index contributed by atoms with van der Waals surface area (Å²) in [5.74, 6) is -0.0699. The molecule has 1 amide bonds. The standard InChI is InChI=1S/C21H26FN5O/c22-18-7-17(27-11-21(12-27)9-24-10-21)4-2-13(18)5-16(8-23)26-20(28)19-14-1-3-15(6-14)25-19/h2,4,7,14-16,19,24-25H,1,3,5-6,9-12H2,(H,26,28)/t14-,15+,16-,19-/m0/s1. The number of nitrogens with one attached hydrogen (secondary N) is 3. The van der Waals surface area contributed by atoms with Crippen molar-refractivity contribution in [1.82, 2.24) is 16.0 Å². The van der Waals surface area contributed by atoms with Gasteiger partial charge in [-0.25, -0.2) is 4.39 Å². The first-order valence-electron chi connectivity index (χ1n) is 10.3. The molecule has 1 saturated carbocycles. The maximum Gasteiger partial charge on any atom is 0.238 e. The fourth-order valence-electron chi connectivity index (χ4n) is 5.31. The van der Waals surface area contributed by atoms with E-state index in [1.807, 2.05) is 6.07 Å². The van der Waals surface area contributed by atoms with Gasteiger partial charge in [0.15, 0.2) is 0 Å². The smallest absolute Gasteiger partial charge is 0.238 e. The van der Waals surface area contributed by atoms with Gasteiger partial charge in [-0.15, -0.1) is 0 Å². The number of hydrogen-bond donors (Lipinski definition) is 3. The molecular weight excluding hydrogens is 357 g/mol. The van der Waals surface area contributed by atoms with Gasteiger partial charge >= 0.3 is 0 Å². The monoisotopic (exact) mass is 383 g/mol. The number of piperidine rings is 1. The third-order valence-corrected chi connectivity index (χ3v) is 6.99. The second-order valence-electron chi connectivity index (χ2n) is 9.04. The van der Waals surface area contributed by atoms with Gasteiger partial charge in [-0.3, -0.25) is 4.79 Å². The Morgan fingerprint density at radius 1 is 1.39 bits per heavy atom. The summed E-state index contributed by atoms with van der Waals surface area (Å²) in [6.45, 7) is 4.02. The van der Waals surface area contributed by atoms with Crippen LogP contribution in [0.1, 0.15) is 24.8 Å². The van der Waals surface area contributed by atoms with Crippen LogP contribution < -0.4 is 20.9 Å². The molecule has 1 aliphatic carbocycles. The number of nitrogens with zero attached hydrogens (tertiary/aromatic N) is 2. The molecule has 4 atom stereocenters. The van der Waals surface area contributed by atoms with Crippen LogP contribution in [0.2, 0.25) is 0 Å². The van der Waals surface area contributed by atoms with Crippen LogP contribution in [0.5, 0.6) is 0 Å². The highest BCUT2D eigenvalue weighted by Gasteiger charge is 2.47. The number of halogens is 1. The van der Waals surface area contributed by atoms with E-state index < -0.39 is 6.04 Å². The number of nitriles is 1. The molecule has 7 heteroatoms. The number of anilines is 1. The van der Waals surface area contributed by atoms with Crippen molar-refractivity contribution in [2.45, 2.75) is 43.8 Å². The minimum absolute atomic E-state index is 0.129. The van der Waals surface area contributed by atoms with Crippen LogP contribution in [0.4, 0.5) is 10.1 Å². The van der Waals surface area contributed by atoms with Crippen LogP contribution in [-0.4, -0.2) is 50.2 Å². The molecule has 148 valence electrons. The fraction of sp³-hybridized carbons (Fsp3) is 0.619. The van der Waals surface area contributed by atoms with Crippen molar-refractivity contribution in [3.05, 3.63) is 29.6 Å². The van der Waals surface area contributed by atoms with E-state index in [1.165, 1.54) is 0 Å². The van der Waals surface area contributed by atoms with Gasteiger partial charge in [-0.2, -0.15) is 5.26 Å². The SMILES string of the molecule is N#C[C@H](Cc1ccc(N2CC3(CNC3)C2)cc1F)NC(=O)[C@H]1N[C@@H]2CC[C@H]1C2. The molecule has 28 heavy (non-hydrogen) atoms. The second kappa shape index (κ2) is 6.71. The number of carbonyl (C=O) groups excluding carboxylic acids is 1. The molecule has 1 aromatic rings. The molecular formula is C21H26FN5O. The predicted molar refractivity (Wildman–Crippen MR) is 103 cm³/mol. The van der Waals surface area contributed by atoms with Crippen molar-refractivity contribution < 1.29 is 9.18 Å². The molecule has 1 aromatic carbocycles. The molecule has 0 aromatic heterocycles. The zero-order valence-electron chi connectivity index (χ0n) is 15.9. The molecule has 3 N–H and O–H groups in total. The predicted octanol–water partition coefficient (Wildman–Crippen LogP) is 0.927. The molecule has 5 rings (SSSR count). The third-order valence-electron chi connectivity index (χ3n) is 6.99. The first kappa shape index (κ1) is 17.9. The lowest BCUT2D eigenvalue weighted by molar-refractivity contribution is -0.124. The molecule has 4 aliphatic rings. The van der Waals surface area contributed by atoms with E-state index in [2.05, 4.69) is 26.9 Å². The van der Waals surface area contributed by atoms with Crippen LogP contribution >= 0.6 is 0 Å². The maximum absolute atomic E-state index is 14.6. The molecule has 6 nitrogen and oxygen atoms in total. The van der Waals surface area contributed by atoms with E-state index in [0.717, 1.165) is 51.1 Å². The average molecular weight is 383 g/mol. The number of rotatable bonds is 5. The maximum atomic E-state index is 14.6. The first-order valence-corrected chi connectivity index (χ1v) is 10.3. The highest BCUT2D eigenvalue weighted by atomic mass is 19.1. The Kier molecular flexibility index (Phi) is 4.29. The molecule has 0 radical (unpaired) electrons. The summed E-state index contributed by atoms with van der Waals surface area (Å²) in [6.07, 6.45) is 3.42. The van der Waals surface area contributed by atoms with Crippen LogP contribution in [0, 0.1) is 28.5 Å². The molecule has 0 unspecified atom stereocenters. The molecule has 3 aliphatic heterocycles. The molecule has 2 bridgehead atoms. The molecule has 1 spiro atoms. The Morgan fingerprint density at radius 2 is 2.21 bits per heavy atom. The van der Waals surface area contributed by atoms with Gasteiger partial charge in [-0.05, 0) is 42.9 Å². The summed E-state index contributed by atoms with van der Waals surface area (Å²) in [5, 5.41) is 18.9. The lowest BCUT2D eigenvalue weighted by Crippen LogP contribution is -2.71. The molecule has 3 saturated heterocycles. The van der Waals surface area contributed by atoms with E-state index in [1.54, 1.807) is 12.1 Å². The van der Waals surface area contributed by atoms with E-state index in [0.29, 0.717) is 22.9 Å². The van der Waals surface area contributed by atoms with Crippen molar-refractivity contribution >= 4 is 11.6 Å². The van der Waals surface area contributed by atoms with Gasteiger partial charge in [0.1, 0.15) is 11.9 Å². The first-order chi connectivity index (χ1) is 13.5. The van der Waals surface area contributed by atoms with E-state index in [9.17, 15) is 14.4 Å². The minimum Gasteiger partial charge on any atom is -0.370 e. The number of hydrogen-bond acceptors (Lipinski definition) is 5. The van der Waals surface area contributed by atoms with Gasteiger partial charge in [0.25, 0.3) is 0 Å². The normalized spacial score (nSPS) is 30.4. The third kappa shape index (κ3) is 3.05. The Balaban J connectivity index is 1.19. The van der Waals surface area contributed by atoms with Crippen molar-refractivity contribution in [3.63, 3.8) is 0 Å². The van der Waals surface area contributed by atoms with Gasteiger partial charge in [-0.1, -0.05) is 6.07 Å². The van der Waals surface area contributed by atoms with Crippen LogP contribution in [0.25, 0.3) is 0 Å². The zero-order valence-corrected chi connectivity index (χ0v) is 15.9. The summed E-state index contributed by atoms with van der Waals surface area (Å²) in [6, 6.07) is 6.85. The van der Waals surface area contributed by atoms with Crippen molar-refractivity contribution in [2.75, 3.05) is 31.1 Å². The van der Waals surface area contributed by atoms with Crippen molar-refractivity contribution in [1.29, 1.82) is 5.26 Å². The fourth-order valence-corrected chi connectivity index (χ4v) is 5.31. The van der Waals surface area contributed by atoms with E-state index >= 15 is 0 Å². The van der Waals surface area contributed by atoms with Gasteiger partial charge < -0.3 is 20.9 Å². The lowest BCUT2D eigenvalue weighted by atomic mass is 9.74. The van der Waals surface area contributed by atoms with Crippen LogP contribution in [0.3, 0.4) is 0 Å². The summed E-state index contributed by atoms with van der Waals surface area (Å²) >= 11 is 0. The van der Waals surface area contributed by atoms with E-state index in [4.69, 9.17) is 0 Å². The average Bonchev–Trinajstić information content (AvgIpc) is 3.24.